The molecule has 8 heteroatoms. The van der Waals surface area contributed by atoms with Crippen LogP contribution in [0.1, 0.15) is 30.8 Å². The summed E-state index contributed by atoms with van der Waals surface area (Å²) in [5.74, 6) is 0. The molecule has 0 spiro atoms. The van der Waals surface area contributed by atoms with Gasteiger partial charge in [0, 0.05) is 43.1 Å². The van der Waals surface area contributed by atoms with Crippen molar-refractivity contribution in [1.29, 1.82) is 5.26 Å². The third-order valence-electron chi connectivity index (χ3n) is 5.43. The van der Waals surface area contributed by atoms with Crippen molar-refractivity contribution in [2.45, 2.75) is 26.7 Å². The van der Waals surface area contributed by atoms with E-state index in [1.165, 1.54) is 11.3 Å². The normalized spacial score (nSPS) is 13.6. The molecule has 3 aromatic rings. The lowest BCUT2D eigenvalue weighted by Gasteiger charge is -2.26. The molecule has 1 saturated heterocycles. The van der Waals surface area contributed by atoms with Gasteiger partial charge in [-0.15, -0.1) is 0 Å². The third-order valence-corrected chi connectivity index (χ3v) is 6.45. The van der Waals surface area contributed by atoms with Gasteiger partial charge < -0.3 is 10.2 Å². The van der Waals surface area contributed by atoms with E-state index in [2.05, 4.69) is 42.7 Å². The van der Waals surface area contributed by atoms with Crippen LogP contribution in [0.15, 0.2) is 36.4 Å². The van der Waals surface area contributed by atoms with Crippen molar-refractivity contribution in [3.63, 3.8) is 0 Å². The van der Waals surface area contributed by atoms with Crippen LogP contribution in [0.25, 0.3) is 21.7 Å². The van der Waals surface area contributed by atoms with Crippen molar-refractivity contribution in [3.8, 4) is 27.8 Å². The number of pyridine rings is 1. The molecule has 0 unspecified atom stereocenters. The molecule has 32 heavy (non-hydrogen) atoms. The number of nitrogens with one attached hydrogen (secondary N) is 2. The molecule has 2 N–H and O–H groups in total. The Morgan fingerprint density at radius 2 is 1.84 bits per heavy atom. The van der Waals surface area contributed by atoms with E-state index in [1.54, 1.807) is 11.0 Å². The van der Waals surface area contributed by atoms with Gasteiger partial charge in [-0.05, 0) is 42.7 Å². The molecule has 0 bridgehead atoms. The van der Waals surface area contributed by atoms with Crippen LogP contribution in [0.4, 0.5) is 9.93 Å². The average molecular weight is 447 g/mol. The van der Waals surface area contributed by atoms with Gasteiger partial charge in [-0.25, -0.2) is 9.78 Å². The lowest BCUT2D eigenvalue weighted by Crippen LogP contribution is -2.48. The Kier molecular flexibility index (Phi) is 6.78. The Labute approximate surface area is 192 Å². The Hall–Kier alpha value is -3.28. The predicted molar refractivity (Wildman–Crippen MR) is 128 cm³/mol. The standard InChI is InChI=1S/C24H26N6OS/c1-3-19-13-18(14-20(4-2)27-19)22-21(17-7-5-6-16(12-17)15-25)28-23(32-22)29-24(31)30-10-8-26-9-11-30/h5-7,12-14,26H,3-4,8-11H2,1-2H3,(H,28,29,31). The van der Waals surface area contributed by atoms with Crippen molar-refractivity contribution in [2.24, 2.45) is 0 Å². The minimum atomic E-state index is -0.137. The maximum atomic E-state index is 12.8. The van der Waals surface area contributed by atoms with E-state index < -0.39 is 0 Å². The number of carbonyl (C=O) groups is 1. The van der Waals surface area contributed by atoms with E-state index >= 15 is 0 Å². The maximum Gasteiger partial charge on any atom is 0.323 e. The van der Waals surface area contributed by atoms with Gasteiger partial charge in [0.05, 0.1) is 22.2 Å². The van der Waals surface area contributed by atoms with E-state index in [9.17, 15) is 10.1 Å². The van der Waals surface area contributed by atoms with Crippen LogP contribution < -0.4 is 10.6 Å². The second kappa shape index (κ2) is 9.90. The zero-order valence-electron chi connectivity index (χ0n) is 18.3. The van der Waals surface area contributed by atoms with Crippen LogP contribution >= 0.6 is 11.3 Å². The number of aryl methyl sites for hydroxylation is 2. The number of nitriles is 1. The highest BCUT2D eigenvalue weighted by Gasteiger charge is 2.21. The first-order valence-electron chi connectivity index (χ1n) is 10.9. The number of thiazole rings is 1. The smallest absolute Gasteiger partial charge is 0.322 e. The number of benzene rings is 1. The molecule has 1 aliphatic rings. The summed E-state index contributed by atoms with van der Waals surface area (Å²) >= 11 is 1.46. The summed E-state index contributed by atoms with van der Waals surface area (Å²) < 4.78 is 0. The molecule has 164 valence electrons. The number of hydrogen-bond acceptors (Lipinski definition) is 6. The first-order valence-corrected chi connectivity index (χ1v) is 11.7. The summed E-state index contributed by atoms with van der Waals surface area (Å²) in [6.07, 6.45) is 1.68. The topological polar surface area (TPSA) is 93.9 Å². The number of carbonyl (C=O) groups excluding carboxylic acids is 1. The Balaban J connectivity index is 1.77. The van der Waals surface area contributed by atoms with Gasteiger partial charge in [-0.3, -0.25) is 10.3 Å². The highest BCUT2D eigenvalue weighted by molar-refractivity contribution is 7.19. The molecule has 1 aliphatic heterocycles. The zero-order chi connectivity index (χ0) is 22.5. The Morgan fingerprint density at radius 1 is 1.12 bits per heavy atom. The van der Waals surface area contributed by atoms with Gasteiger partial charge in [0.1, 0.15) is 0 Å². The molecule has 7 nitrogen and oxygen atoms in total. The summed E-state index contributed by atoms with van der Waals surface area (Å²) in [5, 5.41) is 16.1. The molecule has 1 fully saturated rings. The molecule has 0 aliphatic carbocycles. The van der Waals surface area contributed by atoms with E-state index in [4.69, 9.17) is 9.97 Å². The fraction of sp³-hybridized carbons (Fsp3) is 0.333. The minimum absolute atomic E-state index is 0.137. The van der Waals surface area contributed by atoms with Gasteiger partial charge in [0.2, 0.25) is 0 Å². The van der Waals surface area contributed by atoms with Crippen molar-refractivity contribution in [3.05, 3.63) is 53.3 Å². The van der Waals surface area contributed by atoms with Gasteiger partial charge >= 0.3 is 6.03 Å². The molecular formula is C24H26N6OS. The largest absolute Gasteiger partial charge is 0.323 e. The molecule has 0 saturated carbocycles. The summed E-state index contributed by atoms with van der Waals surface area (Å²) in [4.78, 5) is 25.0. The molecule has 2 aromatic heterocycles. The first-order chi connectivity index (χ1) is 15.6. The van der Waals surface area contributed by atoms with Crippen LogP contribution in [0.3, 0.4) is 0 Å². The minimum Gasteiger partial charge on any atom is -0.322 e. The lowest BCUT2D eigenvalue weighted by atomic mass is 10.0. The number of amides is 2. The summed E-state index contributed by atoms with van der Waals surface area (Å²) in [5.41, 5.74) is 5.27. The monoisotopic (exact) mass is 446 g/mol. The maximum absolute atomic E-state index is 12.8. The predicted octanol–water partition coefficient (Wildman–Crippen LogP) is 4.31. The second-order valence-electron chi connectivity index (χ2n) is 7.60. The number of piperazine rings is 1. The van der Waals surface area contributed by atoms with Crippen LogP contribution in [0, 0.1) is 11.3 Å². The summed E-state index contributed by atoms with van der Waals surface area (Å²) in [6, 6.07) is 13.7. The zero-order valence-corrected chi connectivity index (χ0v) is 19.1. The molecular weight excluding hydrogens is 420 g/mol. The summed E-state index contributed by atoms with van der Waals surface area (Å²) in [6.45, 7) is 7.11. The van der Waals surface area contributed by atoms with Gasteiger partial charge in [0.25, 0.3) is 0 Å². The van der Waals surface area contributed by atoms with Gasteiger partial charge in [0.15, 0.2) is 5.13 Å². The quantitative estimate of drug-likeness (QED) is 0.609. The van der Waals surface area contributed by atoms with Crippen LogP contribution in [-0.2, 0) is 12.8 Å². The van der Waals surface area contributed by atoms with Crippen molar-refractivity contribution >= 4 is 22.5 Å². The molecule has 2 amide bonds. The van der Waals surface area contributed by atoms with Crippen LogP contribution in [0.5, 0.6) is 0 Å². The number of anilines is 1. The molecule has 1 aromatic carbocycles. The Morgan fingerprint density at radius 3 is 2.50 bits per heavy atom. The van der Waals surface area contributed by atoms with Gasteiger partial charge in [-0.1, -0.05) is 37.3 Å². The van der Waals surface area contributed by atoms with Gasteiger partial charge in [-0.2, -0.15) is 5.26 Å². The first kappa shape index (κ1) is 21.9. The van der Waals surface area contributed by atoms with E-state index in [0.717, 1.165) is 59.0 Å². The van der Waals surface area contributed by atoms with Crippen LogP contribution in [-0.4, -0.2) is 47.1 Å². The van der Waals surface area contributed by atoms with Crippen molar-refractivity contribution < 1.29 is 4.79 Å². The van der Waals surface area contributed by atoms with E-state index in [0.29, 0.717) is 23.8 Å². The molecule has 4 rings (SSSR count). The van der Waals surface area contributed by atoms with Crippen LogP contribution in [0.2, 0.25) is 0 Å². The average Bonchev–Trinajstić information content (AvgIpc) is 3.28. The van der Waals surface area contributed by atoms with E-state index in [1.807, 2.05) is 18.2 Å². The molecule has 0 atom stereocenters. The highest BCUT2D eigenvalue weighted by atomic mass is 32.1. The van der Waals surface area contributed by atoms with E-state index in [-0.39, 0.29) is 6.03 Å². The number of urea groups is 1. The third kappa shape index (κ3) is 4.79. The number of hydrogen-bond donors (Lipinski definition) is 2. The lowest BCUT2D eigenvalue weighted by molar-refractivity contribution is 0.204. The van der Waals surface area contributed by atoms with Crippen molar-refractivity contribution in [1.82, 2.24) is 20.2 Å². The number of rotatable bonds is 5. The molecule has 3 heterocycles. The molecule has 0 radical (unpaired) electrons. The highest BCUT2D eigenvalue weighted by Crippen LogP contribution is 2.40. The SMILES string of the molecule is CCc1cc(-c2sc(NC(=O)N3CCNCC3)nc2-c2cccc(C#N)c2)cc(CC)n1. The number of nitrogens with zero attached hydrogens (tertiary/aromatic N) is 4. The second-order valence-corrected chi connectivity index (χ2v) is 8.60. The number of aromatic nitrogens is 2. The fourth-order valence-corrected chi connectivity index (χ4v) is 4.65. The fourth-order valence-electron chi connectivity index (χ4n) is 3.68. The Bertz CT molecular complexity index is 1140. The van der Waals surface area contributed by atoms with Crippen molar-refractivity contribution in [2.75, 3.05) is 31.5 Å². The summed E-state index contributed by atoms with van der Waals surface area (Å²) in [7, 11) is 0.